The molecule has 3 amide bonds. The van der Waals surface area contributed by atoms with Crippen LogP contribution in [0.3, 0.4) is 0 Å². The van der Waals surface area contributed by atoms with Crippen LogP contribution in [0.15, 0.2) is 35.8 Å². The second-order valence-corrected chi connectivity index (χ2v) is 9.99. The van der Waals surface area contributed by atoms with Crippen molar-refractivity contribution in [1.82, 2.24) is 15.2 Å². The van der Waals surface area contributed by atoms with E-state index in [0.717, 1.165) is 19.3 Å². The van der Waals surface area contributed by atoms with E-state index in [9.17, 15) is 14.4 Å². The number of hydrogen-bond donors (Lipinski definition) is 1. The molecule has 2 aliphatic rings. The van der Waals surface area contributed by atoms with Crippen molar-refractivity contribution in [3.8, 4) is 0 Å². The molecule has 2 fully saturated rings. The molecule has 1 atom stereocenters. The quantitative estimate of drug-likeness (QED) is 0.731. The van der Waals surface area contributed by atoms with Crippen molar-refractivity contribution in [2.45, 2.75) is 64.1 Å². The summed E-state index contributed by atoms with van der Waals surface area (Å²) in [6.45, 7) is 5.89. The summed E-state index contributed by atoms with van der Waals surface area (Å²) in [5.41, 5.74) is 0.506. The smallest absolute Gasteiger partial charge is 0.410 e. The lowest BCUT2D eigenvalue weighted by Gasteiger charge is -2.30. The largest absolute Gasteiger partial charge is 0.444 e. The second-order valence-electron chi connectivity index (χ2n) is 9.11. The maximum Gasteiger partial charge on any atom is 0.410 e. The Bertz CT molecular complexity index is 980. The first kappa shape index (κ1) is 22.3. The highest BCUT2D eigenvalue weighted by atomic mass is 32.1. The van der Waals surface area contributed by atoms with E-state index in [1.807, 2.05) is 0 Å². The molecule has 1 aliphatic heterocycles. The van der Waals surface area contributed by atoms with E-state index < -0.39 is 17.7 Å². The summed E-state index contributed by atoms with van der Waals surface area (Å²) < 4.78 is 5.52. The lowest BCUT2D eigenvalue weighted by molar-refractivity contribution is -0.122. The van der Waals surface area contributed by atoms with Gasteiger partial charge in [-0.3, -0.25) is 19.4 Å². The van der Waals surface area contributed by atoms with Gasteiger partial charge in [0.25, 0.3) is 11.8 Å². The minimum Gasteiger partial charge on any atom is -0.444 e. The molecule has 8 nitrogen and oxygen atoms in total. The van der Waals surface area contributed by atoms with Gasteiger partial charge in [-0.2, -0.15) is 0 Å². The summed E-state index contributed by atoms with van der Waals surface area (Å²) in [7, 11) is 0. The summed E-state index contributed by atoms with van der Waals surface area (Å²) in [4.78, 5) is 46.1. The maximum absolute atomic E-state index is 13.7. The number of aromatic nitrogens is 1. The van der Waals surface area contributed by atoms with Gasteiger partial charge in [0.05, 0.1) is 5.69 Å². The van der Waals surface area contributed by atoms with Crippen molar-refractivity contribution in [2.75, 3.05) is 11.4 Å². The van der Waals surface area contributed by atoms with Crippen LogP contribution in [0.1, 0.15) is 56.8 Å². The predicted octanol–water partition coefficient (Wildman–Crippen LogP) is 4.10. The number of likely N-dealkylation sites (tertiary alicyclic amines) is 1. The third-order valence-electron chi connectivity index (χ3n) is 5.30. The highest BCUT2D eigenvalue weighted by Gasteiger charge is 2.40. The van der Waals surface area contributed by atoms with Gasteiger partial charge in [-0.1, -0.05) is 0 Å². The molecule has 0 spiro atoms. The van der Waals surface area contributed by atoms with Crippen LogP contribution in [0.2, 0.25) is 0 Å². The zero-order chi connectivity index (χ0) is 22.9. The van der Waals surface area contributed by atoms with E-state index in [0.29, 0.717) is 29.3 Å². The van der Waals surface area contributed by atoms with Gasteiger partial charge in [-0.05, 0) is 70.7 Å². The second kappa shape index (κ2) is 8.90. The first-order valence-corrected chi connectivity index (χ1v) is 11.7. The first-order chi connectivity index (χ1) is 15.2. The molecule has 1 saturated heterocycles. The zero-order valence-electron chi connectivity index (χ0n) is 18.5. The average Bonchev–Trinajstić information content (AvgIpc) is 3.19. The van der Waals surface area contributed by atoms with E-state index >= 15 is 0 Å². The van der Waals surface area contributed by atoms with Gasteiger partial charge in [-0.15, -0.1) is 11.3 Å². The number of amides is 3. The molecular weight excluding hydrogens is 428 g/mol. The number of benzene rings is 1. The van der Waals surface area contributed by atoms with Crippen LogP contribution in [0.4, 0.5) is 15.6 Å². The van der Waals surface area contributed by atoms with Crippen LogP contribution in [0, 0.1) is 0 Å². The number of anilines is 2. The minimum atomic E-state index is -0.640. The topological polar surface area (TPSA) is 91.8 Å². The van der Waals surface area contributed by atoms with E-state index in [2.05, 4.69) is 10.3 Å². The van der Waals surface area contributed by atoms with Gasteiger partial charge in [-0.25, -0.2) is 9.78 Å². The van der Waals surface area contributed by atoms with Crippen LogP contribution in [0.25, 0.3) is 0 Å². The molecule has 1 aromatic carbocycles. The van der Waals surface area contributed by atoms with E-state index in [1.54, 1.807) is 56.6 Å². The lowest BCUT2D eigenvalue weighted by Crippen LogP contribution is -2.48. The zero-order valence-corrected chi connectivity index (χ0v) is 19.4. The van der Waals surface area contributed by atoms with Crippen LogP contribution >= 0.6 is 11.3 Å². The molecule has 1 N–H and O–H groups in total. The fraction of sp³-hybridized carbons (Fsp3) is 0.478. The van der Waals surface area contributed by atoms with Gasteiger partial charge in [0.1, 0.15) is 11.6 Å². The van der Waals surface area contributed by atoms with Crippen LogP contribution in [-0.2, 0) is 9.53 Å². The Balaban J connectivity index is 1.57. The molecule has 1 unspecified atom stereocenters. The van der Waals surface area contributed by atoms with Gasteiger partial charge in [0.15, 0.2) is 5.13 Å². The van der Waals surface area contributed by atoms with Gasteiger partial charge in [0.2, 0.25) is 0 Å². The van der Waals surface area contributed by atoms with Crippen molar-refractivity contribution in [1.29, 1.82) is 0 Å². The van der Waals surface area contributed by atoms with E-state index in [1.165, 1.54) is 21.1 Å². The Morgan fingerprint density at radius 1 is 1.16 bits per heavy atom. The summed E-state index contributed by atoms with van der Waals surface area (Å²) in [5, 5.41) is 5.28. The number of rotatable bonds is 5. The maximum atomic E-state index is 13.7. The molecule has 1 saturated carbocycles. The van der Waals surface area contributed by atoms with Crippen molar-refractivity contribution in [2.24, 2.45) is 0 Å². The Morgan fingerprint density at radius 3 is 2.47 bits per heavy atom. The number of thiazole rings is 1. The summed E-state index contributed by atoms with van der Waals surface area (Å²) >= 11 is 1.34. The third-order valence-corrected chi connectivity index (χ3v) is 6.05. The molecule has 32 heavy (non-hydrogen) atoms. The summed E-state index contributed by atoms with van der Waals surface area (Å²) in [6.07, 6.45) is 4.47. The molecule has 2 heterocycles. The predicted molar refractivity (Wildman–Crippen MR) is 122 cm³/mol. The van der Waals surface area contributed by atoms with Crippen LogP contribution in [0.5, 0.6) is 0 Å². The number of nitrogens with zero attached hydrogens (tertiary/aromatic N) is 3. The standard InChI is InChI=1S/C23H28N4O4S/c1-23(2,3)31-22(30)26-13-4-5-18(26)20(29)27(21-24-12-14-32-21)17-10-6-15(7-11-17)19(28)25-16-8-9-16/h6-7,10-12,14,16,18H,4-5,8-9,13H2,1-3H3,(H,25,28). The van der Waals surface area contributed by atoms with E-state index in [-0.39, 0.29) is 17.9 Å². The Kier molecular flexibility index (Phi) is 6.19. The van der Waals surface area contributed by atoms with Crippen molar-refractivity contribution in [3.63, 3.8) is 0 Å². The monoisotopic (exact) mass is 456 g/mol. The molecular formula is C23H28N4O4S. The Labute approximate surface area is 191 Å². The normalized spacial score (nSPS) is 18.3. The molecule has 1 aliphatic carbocycles. The molecule has 2 aromatic rings. The number of hydrogen-bond acceptors (Lipinski definition) is 6. The number of carbonyl (C=O) groups excluding carboxylic acids is 3. The molecule has 0 bridgehead atoms. The summed E-state index contributed by atoms with van der Waals surface area (Å²) in [6, 6.07) is 6.55. The highest BCUT2D eigenvalue weighted by molar-refractivity contribution is 7.13. The molecule has 1 aromatic heterocycles. The molecule has 0 radical (unpaired) electrons. The van der Waals surface area contributed by atoms with Gasteiger partial charge >= 0.3 is 6.09 Å². The fourth-order valence-corrected chi connectivity index (χ4v) is 4.29. The summed E-state index contributed by atoms with van der Waals surface area (Å²) in [5.74, 6) is -0.350. The van der Waals surface area contributed by atoms with Crippen LogP contribution in [-0.4, -0.2) is 52.0 Å². The van der Waals surface area contributed by atoms with Crippen molar-refractivity contribution >= 4 is 40.1 Å². The third kappa shape index (κ3) is 5.09. The Morgan fingerprint density at radius 2 is 1.88 bits per heavy atom. The van der Waals surface area contributed by atoms with Crippen molar-refractivity contribution in [3.05, 3.63) is 41.4 Å². The first-order valence-electron chi connectivity index (χ1n) is 10.9. The average molecular weight is 457 g/mol. The molecule has 170 valence electrons. The SMILES string of the molecule is CC(C)(C)OC(=O)N1CCCC1C(=O)N(c1ccc(C(=O)NC2CC2)cc1)c1nccs1. The fourth-order valence-electron chi connectivity index (χ4n) is 3.63. The molecule has 4 rings (SSSR count). The van der Waals surface area contributed by atoms with Gasteiger partial charge in [0, 0.05) is 29.7 Å². The molecule has 9 heteroatoms. The minimum absolute atomic E-state index is 0.113. The highest BCUT2D eigenvalue weighted by Crippen LogP contribution is 2.32. The van der Waals surface area contributed by atoms with Crippen molar-refractivity contribution < 1.29 is 19.1 Å². The lowest BCUT2D eigenvalue weighted by atomic mass is 10.1. The number of nitrogens with one attached hydrogen (secondary N) is 1. The van der Waals surface area contributed by atoms with Gasteiger partial charge < -0.3 is 10.1 Å². The van der Waals surface area contributed by atoms with Crippen LogP contribution < -0.4 is 10.2 Å². The number of ether oxygens (including phenoxy) is 1. The number of carbonyl (C=O) groups is 3. The Hall–Kier alpha value is -2.94. The van der Waals surface area contributed by atoms with E-state index in [4.69, 9.17) is 4.74 Å².